The lowest BCUT2D eigenvalue weighted by molar-refractivity contribution is -0.119. The molecule has 1 amide bonds. The first-order valence-electron chi connectivity index (χ1n) is 9.36. The lowest BCUT2D eigenvalue weighted by Gasteiger charge is -2.18. The Hall–Kier alpha value is -3.15. The molecule has 1 aromatic heterocycles. The number of nitrogens with one attached hydrogen (secondary N) is 2. The van der Waals surface area contributed by atoms with Crippen molar-refractivity contribution >= 4 is 28.5 Å². The van der Waals surface area contributed by atoms with Gasteiger partial charge in [-0.25, -0.2) is 9.18 Å². The van der Waals surface area contributed by atoms with E-state index in [4.69, 9.17) is 4.74 Å². The predicted octanol–water partition coefficient (Wildman–Crippen LogP) is 4.23. The van der Waals surface area contributed by atoms with Crippen LogP contribution in [0.4, 0.5) is 10.1 Å². The number of hydrogen-bond donors (Lipinski definition) is 2. The molecule has 1 aliphatic rings. The lowest BCUT2D eigenvalue weighted by Crippen LogP contribution is -2.21. The van der Waals surface area contributed by atoms with Gasteiger partial charge < -0.3 is 15.0 Å². The van der Waals surface area contributed by atoms with Crippen molar-refractivity contribution in [2.75, 3.05) is 11.9 Å². The number of hydrogen-bond acceptors (Lipinski definition) is 3. The number of para-hydroxylation sites is 1. The standard InChI is InChI=1S/C22H21FN2O3/c1-13-6-8-18-15(10-13)16-11-14(7-9-19(16)24-18)22(27)28-12-21(26)25-20-5-3-2-4-17(20)23/h2-5,7,9,11,13,24H,6,8,10,12H2,1H3,(H,25,26)/t13-/m0/s1. The zero-order chi connectivity index (χ0) is 19.7. The number of fused-ring (bicyclic) bond motifs is 3. The third-order valence-electron chi connectivity index (χ3n) is 5.15. The minimum absolute atomic E-state index is 0.0537. The molecule has 1 aliphatic carbocycles. The van der Waals surface area contributed by atoms with Gasteiger partial charge in [0.2, 0.25) is 0 Å². The molecule has 6 heteroatoms. The van der Waals surface area contributed by atoms with Crippen molar-refractivity contribution in [2.45, 2.75) is 26.2 Å². The minimum atomic E-state index is -0.590. The first kappa shape index (κ1) is 18.2. The van der Waals surface area contributed by atoms with Crippen LogP contribution in [0.25, 0.3) is 10.9 Å². The summed E-state index contributed by atoms with van der Waals surface area (Å²) in [7, 11) is 0. The summed E-state index contributed by atoms with van der Waals surface area (Å²) in [6.07, 6.45) is 3.16. The van der Waals surface area contributed by atoms with E-state index in [1.54, 1.807) is 12.1 Å². The van der Waals surface area contributed by atoms with Gasteiger partial charge in [-0.1, -0.05) is 19.1 Å². The quantitative estimate of drug-likeness (QED) is 0.666. The SMILES string of the molecule is C[C@H]1CCc2[nH]c3ccc(C(=O)OCC(=O)Nc4ccccc4F)cc3c2C1. The number of aryl methyl sites for hydroxylation is 1. The number of aromatic nitrogens is 1. The molecule has 0 saturated heterocycles. The van der Waals surface area contributed by atoms with Gasteiger partial charge in [0.15, 0.2) is 6.61 Å². The Morgan fingerprint density at radius 2 is 2.07 bits per heavy atom. The Morgan fingerprint density at radius 3 is 2.89 bits per heavy atom. The molecule has 3 aromatic rings. The van der Waals surface area contributed by atoms with E-state index in [0.29, 0.717) is 11.5 Å². The number of rotatable bonds is 4. The maximum atomic E-state index is 13.6. The van der Waals surface area contributed by atoms with Crippen molar-refractivity contribution in [1.82, 2.24) is 4.98 Å². The van der Waals surface area contributed by atoms with Crippen LogP contribution in [0.15, 0.2) is 42.5 Å². The summed E-state index contributed by atoms with van der Waals surface area (Å²) in [6.45, 7) is 1.75. The maximum absolute atomic E-state index is 13.6. The topological polar surface area (TPSA) is 71.2 Å². The van der Waals surface area contributed by atoms with Gasteiger partial charge >= 0.3 is 5.97 Å². The van der Waals surface area contributed by atoms with Crippen LogP contribution in [0.1, 0.15) is 35.0 Å². The highest BCUT2D eigenvalue weighted by Gasteiger charge is 2.21. The second kappa shape index (κ2) is 7.46. The van der Waals surface area contributed by atoms with Crippen molar-refractivity contribution in [3.05, 3.63) is 65.1 Å². The van der Waals surface area contributed by atoms with Crippen LogP contribution < -0.4 is 5.32 Å². The van der Waals surface area contributed by atoms with Gasteiger partial charge in [-0.2, -0.15) is 0 Å². The van der Waals surface area contributed by atoms with Crippen LogP contribution in [0.3, 0.4) is 0 Å². The third-order valence-corrected chi connectivity index (χ3v) is 5.15. The van der Waals surface area contributed by atoms with E-state index < -0.39 is 24.3 Å². The Balaban J connectivity index is 1.45. The van der Waals surface area contributed by atoms with Crippen LogP contribution >= 0.6 is 0 Å². The first-order chi connectivity index (χ1) is 13.5. The number of esters is 1. The van der Waals surface area contributed by atoms with E-state index in [1.807, 2.05) is 12.1 Å². The smallest absolute Gasteiger partial charge is 0.338 e. The number of benzene rings is 2. The molecular formula is C22H21FN2O3. The molecule has 0 fully saturated rings. The summed E-state index contributed by atoms with van der Waals surface area (Å²) in [5, 5.41) is 3.43. The molecule has 0 aliphatic heterocycles. The Labute approximate surface area is 161 Å². The molecule has 144 valence electrons. The predicted molar refractivity (Wildman–Crippen MR) is 105 cm³/mol. The number of carbonyl (C=O) groups excluding carboxylic acids is 2. The van der Waals surface area contributed by atoms with Gasteiger partial charge in [0.05, 0.1) is 11.3 Å². The second-order valence-corrected chi connectivity index (χ2v) is 7.29. The van der Waals surface area contributed by atoms with Gasteiger partial charge in [0.1, 0.15) is 5.82 Å². The highest BCUT2D eigenvalue weighted by Crippen LogP contribution is 2.32. The number of amides is 1. The zero-order valence-electron chi connectivity index (χ0n) is 15.5. The van der Waals surface area contributed by atoms with Gasteiger partial charge in [-0.05, 0) is 61.1 Å². The zero-order valence-corrected chi connectivity index (χ0v) is 15.5. The molecule has 1 atom stereocenters. The Bertz CT molecular complexity index is 1060. The number of H-pyrrole nitrogens is 1. The average molecular weight is 380 g/mol. The molecule has 2 N–H and O–H groups in total. The van der Waals surface area contributed by atoms with E-state index in [0.717, 1.165) is 30.2 Å². The van der Waals surface area contributed by atoms with Gasteiger partial charge in [-0.3, -0.25) is 4.79 Å². The summed E-state index contributed by atoms with van der Waals surface area (Å²) in [6, 6.07) is 11.2. The Morgan fingerprint density at radius 1 is 1.25 bits per heavy atom. The second-order valence-electron chi connectivity index (χ2n) is 7.29. The molecular weight excluding hydrogens is 359 g/mol. The van der Waals surface area contributed by atoms with Crippen LogP contribution in [0.5, 0.6) is 0 Å². The minimum Gasteiger partial charge on any atom is -0.452 e. The average Bonchev–Trinajstić information content (AvgIpc) is 3.05. The van der Waals surface area contributed by atoms with Gasteiger partial charge in [0, 0.05) is 16.6 Å². The number of ether oxygens (including phenoxy) is 1. The molecule has 0 unspecified atom stereocenters. The van der Waals surface area contributed by atoms with Crippen LogP contribution in [0, 0.1) is 11.7 Å². The summed E-state index contributed by atoms with van der Waals surface area (Å²) in [5.41, 5.74) is 3.96. The summed E-state index contributed by atoms with van der Waals surface area (Å²) >= 11 is 0. The molecule has 2 aromatic carbocycles. The van der Waals surface area contributed by atoms with Crippen molar-refractivity contribution in [1.29, 1.82) is 0 Å². The fraction of sp³-hybridized carbons (Fsp3) is 0.273. The fourth-order valence-corrected chi connectivity index (χ4v) is 3.68. The molecule has 0 spiro atoms. The molecule has 4 rings (SSSR count). The van der Waals surface area contributed by atoms with Crippen LogP contribution in [0.2, 0.25) is 0 Å². The monoisotopic (exact) mass is 380 g/mol. The largest absolute Gasteiger partial charge is 0.452 e. The van der Waals surface area contributed by atoms with E-state index in [2.05, 4.69) is 17.2 Å². The molecule has 1 heterocycles. The molecule has 0 saturated carbocycles. The summed E-state index contributed by atoms with van der Waals surface area (Å²) < 4.78 is 18.7. The van der Waals surface area contributed by atoms with E-state index in [-0.39, 0.29) is 5.69 Å². The maximum Gasteiger partial charge on any atom is 0.338 e. The lowest BCUT2D eigenvalue weighted by atomic mass is 9.87. The van der Waals surface area contributed by atoms with E-state index in [1.165, 1.54) is 29.5 Å². The number of anilines is 1. The van der Waals surface area contributed by atoms with E-state index in [9.17, 15) is 14.0 Å². The molecule has 5 nitrogen and oxygen atoms in total. The highest BCUT2D eigenvalue weighted by molar-refractivity contribution is 5.98. The normalized spacial score (nSPS) is 15.9. The molecule has 0 bridgehead atoms. The van der Waals surface area contributed by atoms with Crippen LogP contribution in [-0.4, -0.2) is 23.5 Å². The van der Waals surface area contributed by atoms with Crippen LogP contribution in [-0.2, 0) is 22.4 Å². The highest BCUT2D eigenvalue weighted by atomic mass is 19.1. The summed E-state index contributed by atoms with van der Waals surface area (Å²) in [4.78, 5) is 27.8. The molecule has 28 heavy (non-hydrogen) atoms. The summed E-state index contributed by atoms with van der Waals surface area (Å²) in [5.74, 6) is -1.10. The van der Waals surface area contributed by atoms with Gasteiger partial charge in [0.25, 0.3) is 5.91 Å². The van der Waals surface area contributed by atoms with Gasteiger partial charge in [-0.15, -0.1) is 0 Å². The third kappa shape index (κ3) is 3.63. The first-order valence-corrected chi connectivity index (χ1v) is 9.36. The van der Waals surface area contributed by atoms with Crippen molar-refractivity contribution in [2.24, 2.45) is 5.92 Å². The number of carbonyl (C=O) groups is 2. The Kier molecular flexibility index (Phi) is 4.86. The molecule has 0 radical (unpaired) electrons. The van der Waals surface area contributed by atoms with Crippen molar-refractivity contribution in [3.63, 3.8) is 0 Å². The van der Waals surface area contributed by atoms with E-state index >= 15 is 0 Å². The van der Waals surface area contributed by atoms with Crippen molar-refractivity contribution in [3.8, 4) is 0 Å². The fourth-order valence-electron chi connectivity index (χ4n) is 3.68. The van der Waals surface area contributed by atoms with Crippen molar-refractivity contribution < 1.29 is 18.7 Å². The number of halogens is 1. The number of aromatic amines is 1.